The maximum absolute atomic E-state index is 12.6. The van der Waals surface area contributed by atoms with Crippen LogP contribution in [-0.2, 0) is 11.0 Å². The lowest BCUT2D eigenvalue weighted by Crippen LogP contribution is -2.16. The Morgan fingerprint density at radius 3 is 2.79 bits per heavy atom. The number of H-pyrrole nitrogens is 1. The fraction of sp³-hybridized carbons (Fsp3) is 0.118. The monoisotopic (exact) mass is 438 g/mol. The van der Waals surface area contributed by atoms with E-state index in [4.69, 9.17) is 11.6 Å². The van der Waals surface area contributed by atoms with Crippen LogP contribution in [0.5, 0.6) is 0 Å². The zero-order valence-electron chi connectivity index (χ0n) is 14.3. The predicted molar refractivity (Wildman–Crippen MR) is 103 cm³/mol. The summed E-state index contributed by atoms with van der Waals surface area (Å²) in [6.07, 6.45) is -3.97. The van der Waals surface area contributed by atoms with Gasteiger partial charge in [-0.3, -0.25) is 4.79 Å². The van der Waals surface area contributed by atoms with Crippen LogP contribution in [0.2, 0.25) is 5.02 Å². The first-order valence-electron chi connectivity index (χ1n) is 8.08. The van der Waals surface area contributed by atoms with E-state index in [0.717, 1.165) is 22.7 Å². The van der Waals surface area contributed by atoms with Crippen molar-refractivity contribution in [2.45, 2.75) is 11.3 Å². The number of amides is 1. The van der Waals surface area contributed by atoms with E-state index >= 15 is 0 Å². The largest absolute Gasteiger partial charge is 0.417 e. The number of nitrogens with zero attached hydrogens (tertiary/aromatic N) is 4. The first kappa shape index (κ1) is 19.4. The van der Waals surface area contributed by atoms with Crippen molar-refractivity contribution in [3.8, 4) is 0 Å². The molecule has 1 aromatic carbocycles. The topological polar surface area (TPSA) is 96.5 Å². The van der Waals surface area contributed by atoms with Gasteiger partial charge >= 0.3 is 6.18 Å². The second-order valence-corrected chi connectivity index (χ2v) is 7.20. The Kier molecular flexibility index (Phi) is 5.01. The fourth-order valence-electron chi connectivity index (χ4n) is 2.55. The molecular formula is C17H10ClF3N6OS. The zero-order chi connectivity index (χ0) is 20.6. The van der Waals surface area contributed by atoms with Crippen molar-refractivity contribution >= 4 is 57.2 Å². The molecule has 12 heteroatoms. The Hall–Kier alpha value is -2.92. The van der Waals surface area contributed by atoms with Gasteiger partial charge in [0.15, 0.2) is 11.5 Å². The van der Waals surface area contributed by atoms with Gasteiger partial charge in [-0.15, -0.1) is 10.2 Å². The number of para-hydroxylation sites is 1. The standard InChI is InChI=1S/C17H10ClF3N6OS/c18-10-5-8(17(19,20)21)6-22-14(10)24-12(28)7-29-16-25-15-13(26-27-16)9-3-1-2-4-11(9)23-15/h1-6H,7H2,(H,22,24,28)(H,23,25,27). The molecular weight excluding hydrogens is 429 g/mol. The lowest BCUT2D eigenvalue weighted by Gasteiger charge is -2.09. The van der Waals surface area contributed by atoms with E-state index in [9.17, 15) is 18.0 Å². The summed E-state index contributed by atoms with van der Waals surface area (Å²) in [5, 5.41) is 11.4. The highest BCUT2D eigenvalue weighted by Gasteiger charge is 2.31. The summed E-state index contributed by atoms with van der Waals surface area (Å²) in [4.78, 5) is 23.1. The Balaban J connectivity index is 1.44. The van der Waals surface area contributed by atoms with E-state index in [2.05, 4.69) is 30.5 Å². The number of alkyl halides is 3. The Bertz CT molecular complexity index is 1230. The number of carbonyl (C=O) groups is 1. The van der Waals surface area contributed by atoms with Gasteiger partial charge in [0.2, 0.25) is 11.1 Å². The highest BCUT2D eigenvalue weighted by atomic mass is 35.5. The molecule has 2 N–H and O–H groups in total. The molecule has 3 heterocycles. The average molecular weight is 439 g/mol. The smallest absolute Gasteiger partial charge is 0.338 e. The molecule has 0 unspecified atom stereocenters. The van der Waals surface area contributed by atoms with E-state index in [1.54, 1.807) is 0 Å². The van der Waals surface area contributed by atoms with E-state index in [1.165, 1.54) is 0 Å². The second-order valence-electron chi connectivity index (χ2n) is 5.85. The number of thioether (sulfide) groups is 1. The number of aromatic amines is 1. The number of rotatable bonds is 4. The van der Waals surface area contributed by atoms with Crippen molar-refractivity contribution in [3.05, 3.63) is 47.1 Å². The van der Waals surface area contributed by atoms with Gasteiger partial charge in [-0.2, -0.15) is 13.2 Å². The van der Waals surface area contributed by atoms with Gasteiger partial charge in [-0.05, 0) is 12.1 Å². The summed E-state index contributed by atoms with van der Waals surface area (Å²) in [5.41, 5.74) is 1.03. The molecule has 4 aromatic rings. The van der Waals surface area contributed by atoms with Crippen LogP contribution >= 0.6 is 23.4 Å². The number of fused-ring (bicyclic) bond motifs is 3. The number of anilines is 1. The minimum atomic E-state index is -4.57. The van der Waals surface area contributed by atoms with E-state index in [-0.39, 0.29) is 21.7 Å². The molecule has 0 spiro atoms. The molecule has 0 aliphatic heterocycles. The van der Waals surface area contributed by atoms with Crippen molar-refractivity contribution in [2.75, 3.05) is 11.1 Å². The summed E-state index contributed by atoms with van der Waals surface area (Å²) in [5.74, 6) is -0.785. The molecule has 0 atom stereocenters. The highest BCUT2D eigenvalue weighted by molar-refractivity contribution is 7.99. The summed E-state index contributed by atoms with van der Waals surface area (Å²) in [7, 11) is 0. The third-order valence-corrected chi connectivity index (χ3v) is 4.99. The van der Waals surface area contributed by atoms with Crippen molar-refractivity contribution in [1.29, 1.82) is 0 Å². The molecule has 0 bridgehead atoms. The van der Waals surface area contributed by atoms with Gasteiger partial charge in [0.05, 0.1) is 16.3 Å². The molecule has 0 saturated carbocycles. The van der Waals surface area contributed by atoms with Gasteiger partial charge < -0.3 is 10.3 Å². The lowest BCUT2D eigenvalue weighted by molar-refractivity contribution is -0.137. The number of halogens is 4. The maximum Gasteiger partial charge on any atom is 0.417 e. The third-order valence-electron chi connectivity index (χ3n) is 3.86. The van der Waals surface area contributed by atoms with Gasteiger partial charge in [-0.25, -0.2) is 9.97 Å². The Morgan fingerprint density at radius 2 is 2.03 bits per heavy atom. The second kappa shape index (κ2) is 7.48. The molecule has 0 fully saturated rings. The lowest BCUT2D eigenvalue weighted by atomic mass is 10.2. The zero-order valence-corrected chi connectivity index (χ0v) is 15.9. The van der Waals surface area contributed by atoms with Crippen LogP contribution in [0.3, 0.4) is 0 Å². The van der Waals surface area contributed by atoms with E-state index in [0.29, 0.717) is 23.4 Å². The third kappa shape index (κ3) is 4.10. The SMILES string of the molecule is O=C(CSc1nnc2c(n1)[nH]c1ccccc12)Nc1ncc(C(F)(F)F)cc1Cl. The molecule has 1 amide bonds. The summed E-state index contributed by atoms with van der Waals surface area (Å²) in [6.45, 7) is 0. The Morgan fingerprint density at radius 1 is 1.24 bits per heavy atom. The number of pyridine rings is 1. The predicted octanol–water partition coefficient (Wildman–Crippen LogP) is 4.30. The van der Waals surface area contributed by atoms with Gasteiger partial charge in [0, 0.05) is 17.1 Å². The van der Waals surface area contributed by atoms with E-state index < -0.39 is 17.6 Å². The number of aromatic nitrogens is 5. The molecule has 7 nitrogen and oxygen atoms in total. The van der Waals surface area contributed by atoms with Crippen LogP contribution in [0.25, 0.3) is 22.1 Å². The Labute approximate surface area is 170 Å². The maximum atomic E-state index is 12.6. The van der Waals surface area contributed by atoms with Crippen LogP contribution in [0.4, 0.5) is 19.0 Å². The van der Waals surface area contributed by atoms with Gasteiger partial charge in [0.25, 0.3) is 0 Å². The number of carbonyl (C=O) groups excluding carboxylic acids is 1. The van der Waals surface area contributed by atoms with Gasteiger partial charge in [-0.1, -0.05) is 41.6 Å². The molecule has 0 radical (unpaired) electrons. The van der Waals surface area contributed by atoms with Crippen molar-refractivity contribution in [3.63, 3.8) is 0 Å². The first-order valence-corrected chi connectivity index (χ1v) is 9.44. The van der Waals surface area contributed by atoms with Crippen molar-refractivity contribution in [1.82, 2.24) is 25.1 Å². The van der Waals surface area contributed by atoms with Gasteiger partial charge in [0.1, 0.15) is 5.52 Å². The van der Waals surface area contributed by atoms with Crippen LogP contribution in [0.15, 0.2) is 41.7 Å². The summed E-state index contributed by atoms with van der Waals surface area (Å²) >= 11 is 6.80. The molecule has 0 aliphatic rings. The van der Waals surface area contributed by atoms with Crippen molar-refractivity contribution in [2.24, 2.45) is 0 Å². The van der Waals surface area contributed by atoms with E-state index in [1.807, 2.05) is 24.3 Å². The number of benzene rings is 1. The molecule has 0 aliphatic carbocycles. The molecule has 148 valence electrons. The summed E-state index contributed by atoms with van der Waals surface area (Å²) < 4.78 is 37.9. The first-order chi connectivity index (χ1) is 13.8. The number of hydrogen-bond donors (Lipinski definition) is 2. The fourth-order valence-corrected chi connectivity index (χ4v) is 3.35. The van der Waals surface area contributed by atoms with Crippen LogP contribution in [-0.4, -0.2) is 36.8 Å². The quantitative estimate of drug-likeness (QED) is 0.461. The average Bonchev–Trinajstić information content (AvgIpc) is 3.05. The number of nitrogens with one attached hydrogen (secondary N) is 2. The molecule has 4 rings (SSSR count). The van der Waals surface area contributed by atoms with Crippen LogP contribution < -0.4 is 5.32 Å². The van der Waals surface area contributed by atoms with Crippen LogP contribution in [0.1, 0.15) is 5.56 Å². The minimum Gasteiger partial charge on any atom is -0.338 e. The normalized spacial score (nSPS) is 11.9. The van der Waals surface area contributed by atoms with Crippen molar-refractivity contribution < 1.29 is 18.0 Å². The highest BCUT2D eigenvalue weighted by Crippen LogP contribution is 2.32. The molecule has 3 aromatic heterocycles. The summed E-state index contributed by atoms with van der Waals surface area (Å²) in [6, 6.07) is 8.25. The minimum absolute atomic E-state index is 0.105. The number of hydrogen-bond acceptors (Lipinski definition) is 6. The molecule has 29 heavy (non-hydrogen) atoms. The van der Waals surface area contributed by atoms with Crippen LogP contribution in [0, 0.1) is 0 Å². The molecule has 0 saturated heterocycles.